The monoisotopic (exact) mass is 520 g/mol. The zero-order chi connectivity index (χ0) is 23.7. The van der Waals surface area contributed by atoms with Crippen molar-refractivity contribution in [3.63, 3.8) is 0 Å². The second kappa shape index (κ2) is 9.11. The quantitative estimate of drug-likeness (QED) is 0.291. The number of benzene rings is 2. The van der Waals surface area contributed by atoms with Gasteiger partial charge in [0.25, 0.3) is 5.56 Å². The van der Waals surface area contributed by atoms with E-state index in [9.17, 15) is 14.4 Å². The van der Waals surface area contributed by atoms with Crippen molar-refractivity contribution in [2.24, 2.45) is 0 Å². The molecule has 0 aliphatic carbocycles. The summed E-state index contributed by atoms with van der Waals surface area (Å²) >= 11 is 3.32. The molecule has 0 radical (unpaired) electrons. The summed E-state index contributed by atoms with van der Waals surface area (Å²) in [5.74, 6) is 0.0102. The second-order valence-corrected chi connectivity index (χ2v) is 8.39. The Hall–Kier alpha value is -3.98. The van der Waals surface area contributed by atoms with Gasteiger partial charge in [0.2, 0.25) is 0 Å². The number of hydrogen-bond donors (Lipinski definition) is 0. The van der Waals surface area contributed by atoms with Crippen molar-refractivity contribution in [2.45, 2.75) is 6.61 Å². The molecule has 4 aromatic rings. The molecule has 5 rings (SSSR count). The summed E-state index contributed by atoms with van der Waals surface area (Å²) in [6, 6.07) is 16.1. The van der Waals surface area contributed by atoms with E-state index in [4.69, 9.17) is 14.2 Å². The van der Waals surface area contributed by atoms with Crippen LogP contribution in [0.15, 0.2) is 76.1 Å². The van der Waals surface area contributed by atoms with Crippen LogP contribution in [0.2, 0.25) is 0 Å². The van der Waals surface area contributed by atoms with Crippen molar-refractivity contribution >= 4 is 33.3 Å². The highest BCUT2D eigenvalue weighted by Gasteiger charge is 2.21. The Labute approximate surface area is 201 Å². The van der Waals surface area contributed by atoms with Crippen LogP contribution < -0.4 is 15.0 Å². The number of hydrogen-bond acceptors (Lipinski definition) is 7. The van der Waals surface area contributed by atoms with Gasteiger partial charge in [0, 0.05) is 27.9 Å². The molecule has 3 heterocycles. The third-order valence-electron chi connectivity index (χ3n) is 5.22. The highest BCUT2D eigenvalue weighted by Crippen LogP contribution is 2.31. The third kappa shape index (κ3) is 4.29. The van der Waals surface area contributed by atoms with Crippen molar-refractivity contribution in [3.8, 4) is 11.5 Å². The minimum absolute atomic E-state index is 0.115. The smallest absolute Gasteiger partial charge is 0.339 e. The minimum atomic E-state index is -0.695. The number of aromatic nitrogens is 2. The van der Waals surface area contributed by atoms with E-state index in [0.29, 0.717) is 41.6 Å². The fourth-order valence-corrected chi connectivity index (χ4v) is 3.95. The Morgan fingerprint density at radius 1 is 0.971 bits per heavy atom. The van der Waals surface area contributed by atoms with Gasteiger partial charge < -0.3 is 14.2 Å². The molecule has 9 heteroatoms. The molecule has 34 heavy (non-hydrogen) atoms. The lowest BCUT2D eigenvalue weighted by molar-refractivity contribution is 0.0465. The Balaban J connectivity index is 1.37. The van der Waals surface area contributed by atoms with E-state index in [2.05, 4.69) is 20.9 Å². The normalized spacial score (nSPS) is 12.4. The topological polar surface area (TPSA) is 96.2 Å². The first-order valence-electron chi connectivity index (χ1n) is 10.4. The van der Waals surface area contributed by atoms with E-state index in [1.807, 2.05) is 0 Å². The lowest BCUT2D eigenvalue weighted by Crippen LogP contribution is -2.18. The molecule has 0 fully saturated rings. The van der Waals surface area contributed by atoms with Crippen LogP contribution in [0.1, 0.15) is 32.0 Å². The van der Waals surface area contributed by atoms with Crippen molar-refractivity contribution in [2.75, 3.05) is 13.2 Å². The Morgan fingerprint density at radius 2 is 1.74 bits per heavy atom. The van der Waals surface area contributed by atoms with Gasteiger partial charge in [-0.1, -0.05) is 18.2 Å². The van der Waals surface area contributed by atoms with Gasteiger partial charge in [0.05, 0.1) is 11.3 Å². The molecule has 1 aliphatic heterocycles. The van der Waals surface area contributed by atoms with Gasteiger partial charge in [0.15, 0.2) is 17.3 Å². The summed E-state index contributed by atoms with van der Waals surface area (Å²) in [4.78, 5) is 42.8. The summed E-state index contributed by atoms with van der Waals surface area (Å²) < 4.78 is 18.6. The van der Waals surface area contributed by atoms with E-state index in [1.165, 1.54) is 16.5 Å². The number of pyridine rings is 1. The van der Waals surface area contributed by atoms with Crippen LogP contribution in [0.5, 0.6) is 11.5 Å². The standard InChI is InChI=1S/C25H17BrN2O6/c26-16-6-8-22-27-17(12-23(29)28(22)13-16)14-34-25(31)19-4-2-1-3-18(19)24(30)15-5-7-20-21(11-15)33-10-9-32-20/h1-8,11-13H,9-10,14H2. The molecule has 0 atom stereocenters. The molecular weight excluding hydrogens is 504 g/mol. The van der Waals surface area contributed by atoms with E-state index >= 15 is 0 Å². The maximum Gasteiger partial charge on any atom is 0.339 e. The van der Waals surface area contributed by atoms with E-state index in [0.717, 1.165) is 4.47 Å². The van der Waals surface area contributed by atoms with Crippen LogP contribution in [0.4, 0.5) is 0 Å². The summed E-state index contributed by atoms with van der Waals surface area (Å²) in [6.45, 7) is 0.634. The molecule has 1 aliphatic rings. The number of halogens is 1. The summed E-state index contributed by atoms with van der Waals surface area (Å²) in [5, 5.41) is 0. The maximum absolute atomic E-state index is 13.2. The minimum Gasteiger partial charge on any atom is -0.486 e. The van der Waals surface area contributed by atoms with Crippen LogP contribution in [0.25, 0.3) is 5.65 Å². The number of rotatable bonds is 5. The fraction of sp³-hybridized carbons (Fsp3) is 0.120. The van der Waals surface area contributed by atoms with Gasteiger partial charge in [-0.15, -0.1) is 0 Å². The number of fused-ring (bicyclic) bond motifs is 2. The Morgan fingerprint density at radius 3 is 2.56 bits per heavy atom. The fourth-order valence-electron chi connectivity index (χ4n) is 3.62. The highest BCUT2D eigenvalue weighted by molar-refractivity contribution is 9.10. The van der Waals surface area contributed by atoms with Crippen molar-refractivity contribution in [1.29, 1.82) is 0 Å². The molecule has 170 valence electrons. The first-order chi connectivity index (χ1) is 16.5. The van der Waals surface area contributed by atoms with E-state index in [1.54, 1.807) is 54.7 Å². The SMILES string of the molecule is O=C(OCc1cc(=O)n2cc(Br)ccc2n1)c1ccccc1C(=O)c1ccc2c(c1)OCCO2. The lowest BCUT2D eigenvalue weighted by Gasteiger charge is -2.18. The number of carbonyl (C=O) groups excluding carboxylic acids is 2. The largest absolute Gasteiger partial charge is 0.486 e. The van der Waals surface area contributed by atoms with Gasteiger partial charge >= 0.3 is 5.97 Å². The zero-order valence-electron chi connectivity index (χ0n) is 17.7. The van der Waals surface area contributed by atoms with Crippen molar-refractivity contribution in [1.82, 2.24) is 9.38 Å². The van der Waals surface area contributed by atoms with Crippen molar-refractivity contribution < 1.29 is 23.8 Å². The zero-order valence-corrected chi connectivity index (χ0v) is 19.3. The molecule has 2 aromatic heterocycles. The van der Waals surface area contributed by atoms with Crippen LogP contribution in [0.3, 0.4) is 0 Å². The Bertz CT molecular complexity index is 1500. The van der Waals surface area contributed by atoms with Crippen LogP contribution in [0, 0.1) is 0 Å². The number of esters is 1. The summed E-state index contributed by atoms with van der Waals surface area (Å²) in [7, 11) is 0. The average molecular weight is 521 g/mol. The van der Waals surface area contributed by atoms with Gasteiger partial charge in [-0.2, -0.15) is 0 Å². The number of ether oxygens (including phenoxy) is 3. The van der Waals surface area contributed by atoms with Crippen molar-refractivity contribution in [3.05, 3.63) is 104 Å². The lowest BCUT2D eigenvalue weighted by atomic mass is 9.98. The molecular formula is C25H17BrN2O6. The number of nitrogens with zero attached hydrogens (tertiary/aromatic N) is 2. The van der Waals surface area contributed by atoms with E-state index < -0.39 is 5.97 Å². The first-order valence-corrected chi connectivity index (χ1v) is 11.2. The summed E-state index contributed by atoms with van der Waals surface area (Å²) in [5.41, 5.74) is 1.10. The maximum atomic E-state index is 13.2. The molecule has 0 spiro atoms. The summed E-state index contributed by atoms with van der Waals surface area (Å²) in [6.07, 6.45) is 1.61. The van der Waals surface area contributed by atoms with Gasteiger partial charge in [-0.05, 0) is 52.3 Å². The average Bonchev–Trinajstić information content (AvgIpc) is 2.87. The predicted molar refractivity (Wildman–Crippen MR) is 126 cm³/mol. The van der Waals surface area contributed by atoms with Crippen LogP contribution in [-0.2, 0) is 11.3 Å². The van der Waals surface area contributed by atoms with Gasteiger partial charge in [-0.25, -0.2) is 9.78 Å². The molecule has 0 unspecified atom stereocenters. The van der Waals surface area contributed by atoms with Gasteiger partial charge in [0.1, 0.15) is 25.5 Å². The van der Waals surface area contributed by atoms with Crippen LogP contribution >= 0.6 is 15.9 Å². The molecule has 0 bridgehead atoms. The number of carbonyl (C=O) groups is 2. The second-order valence-electron chi connectivity index (χ2n) is 7.47. The van der Waals surface area contributed by atoms with Crippen LogP contribution in [-0.4, -0.2) is 34.4 Å². The first kappa shape index (κ1) is 21.8. The molecule has 0 saturated carbocycles. The van der Waals surface area contributed by atoms with Gasteiger partial charge in [-0.3, -0.25) is 14.0 Å². The third-order valence-corrected chi connectivity index (χ3v) is 5.69. The van der Waals surface area contributed by atoms with E-state index in [-0.39, 0.29) is 29.1 Å². The number of ketones is 1. The Kier molecular flexibility index (Phi) is 5.85. The molecule has 0 amide bonds. The molecule has 0 saturated heterocycles. The molecule has 2 aromatic carbocycles. The molecule has 0 N–H and O–H groups in total. The predicted octanol–water partition coefficient (Wildman–Crippen LogP) is 3.82. The highest BCUT2D eigenvalue weighted by atomic mass is 79.9. The molecule has 8 nitrogen and oxygen atoms in total.